The predicted molar refractivity (Wildman–Crippen MR) is 152 cm³/mol. The second-order valence-corrected chi connectivity index (χ2v) is 11.4. The minimum absolute atomic E-state index is 0.0480. The summed E-state index contributed by atoms with van der Waals surface area (Å²) in [5.41, 5.74) is 3.03. The number of hydrogen-bond donors (Lipinski definition) is 2. The Hall–Kier alpha value is -4.02. The summed E-state index contributed by atoms with van der Waals surface area (Å²) in [6, 6.07) is 18.3. The molecule has 1 aliphatic heterocycles. The molecule has 5 rings (SSSR count). The van der Waals surface area contributed by atoms with Gasteiger partial charge in [-0.3, -0.25) is 4.79 Å². The van der Waals surface area contributed by atoms with Crippen LogP contribution < -0.4 is 14.8 Å². The van der Waals surface area contributed by atoms with E-state index in [0.717, 1.165) is 43.1 Å². The summed E-state index contributed by atoms with van der Waals surface area (Å²) in [4.78, 5) is 15.4. The standard InChI is InChI=1S/C29H31N5O4S/c1-19-11-12-20(17-26(19)39(36,37)30-2)27-22-9-5-6-10-23(22)28(33-32-27)31-21-13-14-25(38-3)24(18-21)29(35)34-15-7-4-8-16-34/h5-6,9-14,17-18,30H,4,7-8,15-16H2,1-3H3,(H,31,33). The van der Waals surface area contributed by atoms with Gasteiger partial charge in [-0.15, -0.1) is 10.2 Å². The molecule has 1 aromatic heterocycles. The van der Waals surface area contributed by atoms with E-state index in [1.807, 2.05) is 41.3 Å². The van der Waals surface area contributed by atoms with Crippen LogP contribution in [0.5, 0.6) is 5.75 Å². The maximum atomic E-state index is 13.3. The molecule has 0 aliphatic carbocycles. The van der Waals surface area contributed by atoms with Gasteiger partial charge in [-0.05, 0) is 63.1 Å². The minimum Gasteiger partial charge on any atom is -0.496 e. The zero-order valence-electron chi connectivity index (χ0n) is 22.2. The van der Waals surface area contributed by atoms with E-state index in [4.69, 9.17) is 4.74 Å². The Balaban J connectivity index is 1.53. The van der Waals surface area contributed by atoms with E-state index in [0.29, 0.717) is 39.6 Å². The van der Waals surface area contributed by atoms with Crippen LogP contribution in [0.1, 0.15) is 35.2 Å². The number of anilines is 2. The van der Waals surface area contributed by atoms with E-state index in [1.54, 1.807) is 38.3 Å². The van der Waals surface area contributed by atoms with Crippen molar-refractivity contribution in [2.24, 2.45) is 0 Å². The number of nitrogens with one attached hydrogen (secondary N) is 2. The highest BCUT2D eigenvalue weighted by atomic mass is 32.2. The van der Waals surface area contributed by atoms with Gasteiger partial charge in [0.05, 0.1) is 17.6 Å². The molecule has 0 saturated carbocycles. The molecule has 9 nitrogen and oxygen atoms in total. The summed E-state index contributed by atoms with van der Waals surface area (Å²) >= 11 is 0. The Morgan fingerprint density at radius 2 is 1.69 bits per heavy atom. The quantitative estimate of drug-likeness (QED) is 0.340. The highest BCUT2D eigenvalue weighted by Crippen LogP contribution is 2.34. The van der Waals surface area contributed by atoms with Crippen molar-refractivity contribution in [1.29, 1.82) is 0 Å². The molecular weight excluding hydrogens is 514 g/mol. The molecule has 4 aromatic rings. The van der Waals surface area contributed by atoms with E-state index < -0.39 is 10.0 Å². The van der Waals surface area contributed by atoms with Crippen LogP contribution in [0, 0.1) is 6.92 Å². The van der Waals surface area contributed by atoms with E-state index in [9.17, 15) is 13.2 Å². The Morgan fingerprint density at radius 1 is 0.949 bits per heavy atom. The van der Waals surface area contributed by atoms with Gasteiger partial charge >= 0.3 is 0 Å². The first-order chi connectivity index (χ1) is 18.8. The molecule has 1 fully saturated rings. The highest BCUT2D eigenvalue weighted by molar-refractivity contribution is 7.89. The largest absolute Gasteiger partial charge is 0.496 e. The van der Waals surface area contributed by atoms with Crippen molar-refractivity contribution < 1.29 is 17.9 Å². The molecule has 39 heavy (non-hydrogen) atoms. The normalized spacial score (nSPS) is 13.9. The number of aryl methyl sites for hydroxylation is 1. The third kappa shape index (κ3) is 5.30. The molecule has 0 radical (unpaired) electrons. The number of sulfonamides is 1. The molecule has 2 heterocycles. The van der Waals surface area contributed by atoms with Crippen molar-refractivity contribution in [2.75, 3.05) is 32.6 Å². The maximum absolute atomic E-state index is 13.3. The van der Waals surface area contributed by atoms with E-state index in [2.05, 4.69) is 20.2 Å². The van der Waals surface area contributed by atoms with Crippen molar-refractivity contribution in [1.82, 2.24) is 19.8 Å². The van der Waals surface area contributed by atoms with Crippen molar-refractivity contribution in [3.05, 3.63) is 71.8 Å². The number of fused-ring (bicyclic) bond motifs is 1. The summed E-state index contributed by atoms with van der Waals surface area (Å²) in [6.45, 7) is 3.24. The zero-order chi connectivity index (χ0) is 27.6. The van der Waals surface area contributed by atoms with Gasteiger partial charge in [0.25, 0.3) is 5.91 Å². The lowest BCUT2D eigenvalue weighted by Crippen LogP contribution is -2.35. The number of likely N-dealkylation sites (tertiary alicyclic amines) is 1. The van der Waals surface area contributed by atoms with Gasteiger partial charge < -0.3 is 15.0 Å². The first kappa shape index (κ1) is 26.6. The number of aromatic nitrogens is 2. The molecule has 0 unspecified atom stereocenters. The van der Waals surface area contributed by atoms with E-state index in [1.165, 1.54) is 7.05 Å². The molecule has 1 aliphatic rings. The van der Waals surface area contributed by atoms with Crippen molar-refractivity contribution in [3.63, 3.8) is 0 Å². The number of amides is 1. The molecule has 0 bridgehead atoms. The second kappa shape index (κ2) is 11.0. The zero-order valence-corrected chi connectivity index (χ0v) is 23.0. The average molecular weight is 546 g/mol. The monoisotopic (exact) mass is 545 g/mol. The fourth-order valence-electron chi connectivity index (χ4n) is 4.91. The first-order valence-electron chi connectivity index (χ1n) is 12.9. The molecule has 2 N–H and O–H groups in total. The van der Waals surface area contributed by atoms with Gasteiger partial charge in [0, 0.05) is 35.1 Å². The number of piperidine rings is 1. The van der Waals surface area contributed by atoms with E-state index >= 15 is 0 Å². The van der Waals surface area contributed by atoms with Crippen molar-refractivity contribution >= 4 is 38.2 Å². The number of ether oxygens (including phenoxy) is 1. The lowest BCUT2D eigenvalue weighted by Gasteiger charge is -2.27. The molecule has 10 heteroatoms. The van der Waals surface area contributed by atoms with Gasteiger partial charge in [0.15, 0.2) is 5.82 Å². The van der Waals surface area contributed by atoms with Gasteiger partial charge in [-0.25, -0.2) is 13.1 Å². The lowest BCUT2D eigenvalue weighted by molar-refractivity contribution is 0.0721. The average Bonchev–Trinajstić information content (AvgIpc) is 2.97. The Morgan fingerprint density at radius 3 is 2.41 bits per heavy atom. The van der Waals surface area contributed by atoms with Crippen LogP contribution in [-0.2, 0) is 10.0 Å². The number of benzene rings is 3. The Labute approximate surface area is 228 Å². The van der Waals surface area contributed by atoms with Crippen LogP contribution in [-0.4, -0.2) is 56.7 Å². The summed E-state index contributed by atoms with van der Waals surface area (Å²) < 4.78 is 33.0. The van der Waals surface area contributed by atoms with Crippen LogP contribution in [0.15, 0.2) is 65.6 Å². The van der Waals surface area contributed by atoms with Crippen molar-refractivity contribution in [3.8, 4) is 17.0 Å². The van der Waals surface area contributed by atoms with Crippen LogP contribution in [0.3, 0.4) is 0 Å². The second-order valence-electron chi connectivity index (χ2n) is 9.52. The third-order valence-corrected chi connectivity index (χ3v) is 8.60. The summed E-state index contributed by atoms with van der Waals surface area (Å²) in [6.07, 6.45) is 3.14. The fourth-order valence-corrected chi connectivity index (χ4v) is 5.91. The lowest BCUT2D eigenvalue weighted by atomic mass is 10.0. The molecule has 0 spiro atoms. The molecular formula is C29H31N5O4S. The SMILES string of the molecule is CNS(=O)(=O)c1cc(-c2nnc(Nc3ccc(OC)c(C(=O)N4CCCCC4)c3)c3ccccc23)ccc1C. The molecule has 0 atom stereocenters. The fraction of sp³-hybridized carbons (Fsp3) is 0.276. The number of rotatable bonds is 7. The number of nitrogens with zero attached hydrogens (tertiary/aromatic N) is 3. The number of carbonyl (C=O) groups excluding carboxylic acids is 1. The van der Waals surface area contributed by atoms with E-state index in [-0.39, 0.29) is 10.8 Å². The topological polar surface area (TPSA) is 114 Å². The van der Waals surface area contributed by atoms with Crippen LogP contribution >= 0.6 is 0 Å². The third-order valence-electron chi connectivity index (χ3n) is 7.04. The van der Waals surface area contributed by atoms with Crippen molar-refractivity contribution in [2.45, 2.75) is 31.1 Å². The molecule has 1 saturated heterocycles. The maximum Gasteiger partial charge on any atom is 0.257 e. The van der Waals surface area contributed by atoms with Gasteiger partial charge in [0.2, 0.25) is 10.0 Å². The van der Waals surface area contributed by atoms with Crippen LogP contribution in [0.4, 0.5) is 11.5 Å². The van der Waals surface area contributed by atoms with Gasteiger partial charge in [-0.2, -0.15) is 0 Å². The smallest absolute Gasteiger partial charge is 0.257 e. The molecule has 202 valence electrons. The van der Waals surface area contributed by atoms with Crippen LogP contribution in [0.25, 0.3) is 22.0 Å². The highest BCUT2D eigenvalue weighted by Gasteiger charge is 2.22. The Kier molecular flexibility index (Phi) is 7.49. The number of carbonyl (C=O) groups is 1. The van der Waals surface area contributed by atoms with Gasteiger partial charge in [0.1, 0.15) is 11.4 Å². The molecule has 3 aromatic carbocycles. The summed E-state index contributed by atoms with van der Waals surface area (Å²) in [5.74, 6) is 0.994. The number of methoxy groups -OCH3 is 1. The number of hydrogen-bond acceptors (Lipinski definition) is 7. The van der Waals surface area contributed by atoms with Crippen LogP contribution in [0.2, 0.25) is 0 Å². The first-order valence-corrected chi connectivity index (χ1v) is 14.3. The summed E-state index contributed by atoms with van der Waals surface area (Å²) in [7, 11) is -0.687. The molecule has 1 amide bonds. The minimum atomic E-state index is -3.64. The predicted octanol–water partition coefficient (Wildman–Crippen LogP) is 4.89. The summed E-state index contributed by atoms with van der Waals surface area (Å²) in [5, 5.41) is 13.9. The Bertz CT molecular complexity index is 1650. The van der Waals surface area contributed by atoms with Gasteiger partial charge in [-0.1, -0.05) is 36.4 Å².